The maximum absolute atomic E-state index is 12.9. The van der Waals surface area contributed by atoms with Crippen LogP contribution in [0.5, 0.6) is 5.75 Å². The van der Waals surface area contributed by atoms with Crippen LogP contribution in [0.4, 0.5) is 5.69 Å². The molecule has 6 nitrogen and oxygen atoms in total. The molecule has 0 atom stereocenters. The van der Waals surface area contributed by atoms with Crippen LogP contribution >= 0.6 is 58.0 Å². The highest BCUT2D eigenvalue weighted by atomic mass is 35.5. The molecule has 4 rings (SSSR count). The average Bonchev–Trinajstić information content (AvgIpc) is 3.43. The molecule has 11 heteroatoms. The molecule has 0 aliphatic carbocycles. The zero-order valence-corrected chi connectivity index (χ0v) is 23.2. The molecule has 0 aliphatic heterocycles. The number of anilines is 1. The number of hydrogen-bond donors (Lipinski definition) is 1. The number of nitrogens with one attached hydrogen (secondary N) is 1. The molecular weight excluding hydrogens is 568 g/mol. The lowest BCUT2D eigenvalue weighted by molar-refractivity contribution is 0.0992. The molecule has 1 N–H and O–H groups in total. The number of carbonyl (C=O) groups excluding carboxylic acids is 1. The Labute approximate surface area is 233 Å². The zero-order chi connectivity index (χ0) is 26.1. The van der Waals surface area contributed by atoms with Gasteiger partial charge in [-0.1, -0.05) is 82.3 Å². The summed E-state index contributed by atoms with van der Waals surface area (Å²) >= 11 is 30.5. The summed E-state index contributed by atoms with van der Waals surface area (Å²) in [7, 11) is 0. The SMILES string of the molecule is Cc1ccccc1Cn1nc(C)c(NC(=O)c2ccc(COc3c(Cl)c(Cl)c(Cl)c(Cl)c3Cl)o2)c1C. The van der Waals surface area contributed by atoms with Crippen molar-refractivity contribution in [1.82, 2.24) is 9.78 Å². The van der Waals surface area contributed by atoms with Gasteiger partial charge in [0.2, 0.25) is 0 Å². The number of rotatable bonds is 7. The first-order chi connectivity index (χ1) is 17.1. The van der Waals surface area contributed by atoms with Crippen molar-refractivity contribution in [1.29, 1.82) is 0 Å². The van der Waals surface area contributed by atoms with Crippen LogP contribution in [-0.2, 0) is 13.2 Å². The van der Waals surface area contributed by atoms with Gasteiger partial charge in [-0.05, 0) is 44.0 Å². The molecule has 0 bridgehead atoms. The Hall–Kier alpha value is -2.35. The fourth-order valence-corrected chi connectivity index (χ4v) is 4.82. The summed E-state index contributed by atoms with van der Waals surface area (Å²) in [6.07, 6.45) is 0. The van der Waals surface area contributed by atoms with Crippen molar-refractivity contribution in [3.05, 3.63) is 95.5 Å². The van der Waals surface area contributed by atoms with Crippen molar-refractivity contribution in [2.45, 2.75) is 33.9 Å². The minimum Gasteiger partial charge on any atom is -0.482 e. The third-order valence-corrected chi connectivity index (χ3v) is 7.86. The lowest BCUT2D eigenvalue weighted by atomic mass is 10.1. The van der Waals surface area contributed by atoms with Crippen LogP contribution in [0.15, 0.2) is 40.8 Å². The van der Waals surface area contributed by atoms with Gasteiger partial charge in [0.05, 0.1) is 38.7 Å². The van der Waals surface area contributed by atoms with Gasteiger partial charge in [0, 0.05) is 0 Å². The van der Waals surface area contributed by atoms with Gasteiger partial charge in [0.1, 0.15) is 22.4 Å². The molecule has 0 spiro atoms. The van der Waals surface area contributed by atoms with E-state index >= 15 is 0 Å². The van der Waals surface area contributed by atoms with E-state index in [-0.39, 0.29) is 43.2 Å². The summed E-state index contributed by atoms with van der Waals surface area (Å²) in [6, 6.07) is 11.3. The number of aryl methyl sites for hydroxylation is 2. The molecule has 0 radical (unpaired) electrons. The van der Waals surface area contributed by atoms with Crippen LogP contribution in [-0.4, -0.2) is 15.7 Å². The molecule has 0 fully saturated rings. The first-order valence-electron chi connectivity index (χ1n) is 10.7. The smallest absolute Gasteiger partial charge is 0.291 e. The molecule has 2 aromatic heterocycles. The fraction of sp³-hybridized carbons (Fsp3) is 0.200. The van der Waals surface area contributed by atoms with Gasteiger partial charge >= 0.3 is 0 Å². The molecule has 4 aromatic rings. The first kappa shape index (κ1) is 26.7. The number of carbonyl (C=O) groups is 1. The van der Waals surface area contributed by atoms with Gasteiger partial charge in [-0.3, -0.25) is 9.48 Å². The molecular formula is C25H20Cl5N3O3. The van der Waals surface area contributed by atoms with Crippen LogP contribution < -0.4 is 10.1 Å². The van der Waals surface area contributed by atoms with Crippen molar-refractivity contribution < 1.29 is 13.9 Å². The van der Waals surface area contributed by atoms with Crippen molar-refractivity contribution in [3.63, 3.8) is 0 Å². The Morgan fingerprint density at radius 1 is 0.944 bits per heavy atom. The highest BCUT2D eigenvalue weighted by molar-refractivity contribution is 6.55. The second-order valence-electron chi connectivity index (χ2n) is 8.04. The van der Waals surface area contributed by atoms with Crippen LogP contribution in [0.2, 0.25) is 25.1 Å². The van der Waals surface area contributed by atoms with Gasteiger partial charge in [0.25, 0.3) is 5.91 Å². The van der Waals surface area contributed by atoms with E-state index in [2.05, 4.69) is 29.5 Å². The number of aromatic nitrogens is 2. The van der Waals surface area contributed by atoms with Crippen LogP contribution in [0.25, 0.3) is 0 Å². The topological polar surface area (TPSA) is 69.3 Å². The van der Waals surface area contributed by atoms with Crippen molar-refractivity contribution in [3.8, 4) is 5.75 Å². The largest absolute Gasteiger partial charge is 0.482 e. The maximum atomic E-state index is 12.9. The van der Waals surface area contributed by atoms with E-state index in [1.807, 2.05) is 30.7 Å². The first-order valence-corrected chi connectivity index (χ1v) is 12.6. The number of ether oxygens (including phenoxy) is 1. The molecule has 2 heterocycles. The van der Waals surface area contributed by atoms with Crippen molar-refractivity contribution >= 4 is 69.6 Å². The summed E-state index contributed by atoms with van der Waals surface area (Å²) in [5.74, 6) is 0.102. The lowest BCUT2D eigenvalue weighted by Crippen LogP contribution is -2.12. The van der Waals surface area contributed by atoms with Gasteiger partial charge in [-0.2, -0.15) is 5.10 Å². The standard InChI is InChI=1S/C25H20Cl5N3O3/c1-12-6-4-5-7-15(12)10-33-14(3)23(13(2)32-33)31-25(34)17-9-8-16(36-17)11-35-24-21(29)19(27)18(26)20(28)22(24)30/h4-9H,10-11H2,1-3H3,(H,31,34). The van der Waals surface area contributed by atoms with Gasteiger partial charge < -0.3 is 14.5 Å². The zero-order valence-electron chi connectivity index (χ0n) is 19.4. The number of halogens is 5. The quantitative estimate of drug-likeness (QED) is 0.174. The summed E-state index contributed by atoms with van der Waals surface area (Å²) in [6.45, 7) is 6.33. The number of benzene rings is 2. The van der Waals surface area contributed by atoms with Crippen LogP contribution in [0.3, 0.4) is 0 Å². The van der Waals surface area contributed by atoms with E-state index in [1.54, 1.807) is 12.1 Å². The normalized spacial score (nSPS) is 11.1. The molecule has 2 aromatic carbocycles. The lowest BCUT2D eigenvalue weighted by Gasteiger charge is -2.12. The van der Waals surface area contributed by atoms with E-state index in [0.29, 0.717) is 23.7 Å². The third-order valence-electron chi connectivity index (χ3n) is 5.62. The summed E-state index contributed by atoms with van der Waals surface area (Å²) in [5, 5.41) is 7.61. The molecule has 36 heavy (non-hydrogen) atoms. The van der Waals surface area contributed by atoms with Gasteiger partial charge in [-0.15, -0.1) is 0 Å². The molecule has 0 saturated carbocycles. The molecule has 188 valence electrons. The van der Waals surface area contributed by atoms with Crippen LogP contribution in [0, 0.1) is 20.8 Å². The van der Waals surface area contributed by atoms with E-state index in [4.69, 9.17) is 67.2 Å². The third kappa shape index (κ3) is 5.34. The van der Waals surface area contributed by atoms with Gasteiger partial charge in [0.15, 0.2) is 11.5 Å². The second kappa shape index (κ2) is 11.0. The van der Waals surface area contributed by atoms with Gasteiger partial charge in [-0.25, -0.2) is 0 Å². The molecule has 0 aliphatic rings. The minimum absolute atomic E-state index is 0.0225. The summed E-state index contributed by atoms with van der Waals surface area (Å²) in [4.78, 5) is 12.9. The number of hydrogen-bond acceptors (Lipinski definition) is 4. The Morgan fingerprint density at radius 2 is 1.58 bits per heavy atom. The fourth-order valence-electron chi connectivity index (χ4n) is 3.59. The van der Waals surface area contributed by atoms with E-state index in [9.17, 15) is 4.79 Å². The van der Waals surface area contributed by atoms with E-state index in [0.717, 1.165) is 11.3 Å². The number of nitrogens with zero attached hydrogens (tertiary/aromatic N) is 2. The summed E-state index contributed by atoms with van der Waals surface area (Å²) < 4.78 is 13.2. The van der Waals surface area contributed by atoms with E-state index < -0.39 is 5.91 Å². The number of amides is 1. The van der Waals surface area contributed by atoms with Crippen LogP contribution in [0.1, 0.15) is 38.8 Å². The van der Waals surface area contributed by atoms with Crippen molar-refractivity contribution in [2.24, 2.45) is 0 Å². The van der Waals surface area contributed by atoms with E-state index in [1.165, 1.54) is 5.56 Å². The minimum atomic E-state index is -0.420. The maximum Gasteiger partial charge on any atom is 0.291 e. The Balaban J connectivity index is 1.46. The predicted molar refractivity (Wildman–Crippen MR) is 144 cm³/mol. The summed E-state index contributed by atoms with van der Waals surface area (Å²) in [5.41, 5.74) is 4.49. The van der Waals surface area contributed by atoms with Crippen molar-refractivity contribution in [2.75, 3.05) is 5.32 Å². The predicted octanol–water partition coefficient (Wildman–Crippen LogP) is 8.55. The average molecular weight is 588 g/mol. The number of furan rings is 1. The molecule has 1 amide bonds. The monoisotopic (exact) mass is 585 g/mol. The second-order valence-corrected chi connectivity index (χ2v) is 9.93. The molecule has 0 saturated heterocycles. The highest BCUT2D eigenvalue weighted by Gasteiger charge is 2.22. The Morgan fingerprint density at radius 3 is 2.25 bits per heavy atom. The molecule has 0 unspecified atom stereocenters. The highest BCUT2D eigenvalue weighted by Crippen LogP contribution is 2.48. The Kier molecular flexibility index (Phi) is 8.12. The Bertz CT molecular complexity index is 1430.